The lowest BCUT2D eigenvalue weighted by Gasteiger charge is -2.16. The van der Waals surface area contributed by atoms with Crippen LogP contribution in [0.1, 0.15) is 34.0 Å². The lowest BCUT2D eigenvalue weighted by molar-refractivity contribution is -0.138. The zero-order chi connectivity index (χ0) is 24.9. The molecule has 1 aliphatic heterocycles. The monoisotopic (exact) mass is 507 g/mol. The molecule has 0 atom stereocenters. The molecule has 0 aromatic heterocycles. The number of amides is 3. The van der Waals surface area contributed by atoms with Gasteiger partial charge in [0.15, 0.2) is 0 Å². The van der Waals surface area contributed by atoms with Crippen molar-refractivity contribution < 1.29 is 14.4 Å². The van der Waals surface area contributed by atoms with E-state index >= 15 is 0 Å². The number of nitrogens with zero attached hydrogens (tertiary/aromatic N) is 1. The zero-order valence-corrected chi connectivity index (χ0v) is 20.5. The first kappa shape index (κ1) is 24.5. The maximum absolute atomic E-state index is 12.8. The third-order valence-electron chi connectivity index (χ3n) is 5.70. The third kappa shape index (κ3) is 5.56. The fourth-order valence-corrected chi connectivity index (χ4v) is 4.08. The topological polar surface area (TPSA) is 78.5 Å². The van der Waals surface area contributed by atoms with Crippen molar-refractivity contribution in [2.24, 2.45) is 0 Å². The SMILES string of the molecule is CCc1ccc(NC(=O)c2ccc(CNC3=C(Cl)C(=O)N(Cc4ccccc4Cl)C3=O)cc2)cc1. The zero-order valence-electron chi connectivity index (χ0n) is 19.0. The quantitative estimate of drug-likeness (QED) is 0.407. The summed E-state index contributed by atoms with van der Waals surface area (Å²) in [4.78, 5) is 39.0. The van der Waals surface area contributed by atoms with Gasteiger partial charge in [0.25, 0.3) is 17.7 Å². The highest BCUT2D eigenvalue weighted by Crippen LogP contribution is 2.26. The van der Waals surface area contributed by atoms with E-state index in [4.69, 9.17) is 23.2 Å². The van der Waals surface area contributed by atoms with Crippen molar-refractivity contribution in [2.75, 3.05) is 5.32 Å². The fourth-order valence-electron chi connectivity index (χ4n) is 3.63. The highest BCUT2D eigenvalue weighted by Gasteiger charge is 2.37. The molecule has 0 unspecified atom stereocenters. The molecule has 1 aliphatic rings. The van der Waals surface area contributed by atoms with E-state index in [0.717, 1.165) is 22.6 Å². The van der Waals surface area contributed by atoms with Crippen LogP contribution in [-0.4, -0.2) is 22.6 Å². The van der Waals surface area contributed by atoms with Crippen LogP contribution in [-0.2, 0) is 29.1 Å². The fraction of sp³-hybridized carbons (Fsp3) is 0.148. The van der Waals surface area contributed by atoms with Crippen LogP contribution in [0.3, 0.4) is 0 Å². The molecule has 0 aliphatic carbocycles. The predicted molar refractivity (Wildman–Crippen MR) is 137 cm³/mol. The maximum Gasteiger partial charge on any atom is 0.278 e. The summed E-state index contributed by atoms with van der Waals surface area (Å²) in [7, 11) is 0. The molecule has 178 valence electrons. The van der Waals surface area contributed by atoms with E-state index in [2.05, 4.69) is 17.6 Å². The largest absolute Gasteiger partial charge is 0.375 e. The van der Waals surface area contributed by atoms with Crippen molar-refractivity contribution in [2.45, 2.75) is 26.4 Å². The number of benzene rings is 3. The number of nitrogens with one attached hydrogen (secondary N) is 2. The van der Waals surface area contributed by atoms with Gasteiger partial charge in [-0.05, 0) is 53.4 Å². The number of hydrogen-bond donors (Lipinski definition) is 2. The average molecular weight is 508 g/mol. The molecule has 0 saturated heterocycles. The minimum Gasteiger partial charge on any atom is -0.375 e. The van der Waals surface area contributed by atoms with Crippen molar-refractivity contribution in [1.29, 1.82) is 0 Å². The third-order valence-corrected chi connectivity index (χ3v) is 6.42. The average Bonchev–Trinajstić information content (AvgIpc) is 3.07. The van der Waals surface area contributed by atoms with E-state index in [9.17, 15) is 14.4 Å². The Morgan fingerprint density at radius 3 is 2.17 bits per heavy atom. The summed E-state index contributed by atoms with van der Waals surface area (Å²) >= 11 is 12.3. The molecule has 6 nitrogen and oxygen atoms in total. The van der Waals surface area contributed by atoms with Gasteiger partial charge in [-0.1, -0.05) is 72.6 Å². The van der Waals surface area contributed by atoms with Crippen LogP contribution in [0.5, 0.6) is 0 Å². The minimum absolute atomic E-state index is 0.0315. The lowest BCUT2D eigenvalue weighted by Crippen LogP contribution is -2.33. The van der Waals surface area contributed by atoms with E-state index in [0.29, 0.717) is 16.1 Å². The first-order valence-corrected chi connectivity index (χ1v) is 11.9. The molecular weight excluding hydrogens is 485 g/mol. The lowest BCUT2D eigenvalue weighted by atomic mass is 10.1. The van der Waals surface area contributed by atoms with Gasteiger partial charge in [0.05, 0.1) is 6.54 Å². The van der Waals surface area contributed by atoms with Gasteiger partial charge in [-0.2, -0.15) is 0 Å². The Morgan fingerprint density at radius 2 is 1.51 bits per heavy atom. The molecule has 3 aromatic rings. The molecule has 8 heteroatoms. The van der Waals surface area contributed by atoms with Crippen molar-refractivity contribution in [3.8, 4) is 0 Å². The van der Waals surface area contributed by atoms with E-state index in [1.807, 2.05) is 24.3 Å². The molecule has 3 aromatic carbocycles. The van der Waals surface area contributed by atoms with Gasteiger partial charge >= 0.3 is 0 Å². The predicted octanol–water partition coefficient (Wildman–Crippen LogP) is 5.26. The number of hydrogen-bond acceptors (Lipinski definition) is 4. The van der Waals surface area contributed by atoms with Crippen LogP contribution in [0.15, 0.2) is 83.5 Å². The molecule has 3 amide bonds. The first-order chi connectivity index (χ1) is 16.9. The standard InChI is InChI=1S/C27H23Cl2N3O3/c1-2-17-9-13-21(14-10-17)31-25(33)19-11-7-18(8-12-19)15-30-24-23(29)26(34)32(27(24)35)16-20-5-3-4-6-22(20)28/h3-14,30H,2,15-16H2,1H3,(H,31,33). The molecule has 35 heavy (non-hydrogen) atoms. The minimum atomic E-state index is -0.571. The second kappa shape index (κ2) is 10.8. The summed E-state index contributed by atoms with van der Waals surface area (Å²) in [5.74, 6) is -1.30. The molecule has 2 N–H and O–H groups in total. The number of carbonyl (C=O) groups excluding carboxylic acids is 3. The van der Waals surface area contributed by atoms with Gasteiger partial charge in [0.1, 0.15) is 10.7 Å². The van der Waals surface area contributed by atoms with Gasteiger partial charge in [0.2, 0.25) is 0 Å². The Hall–Kier alpha value is -3.61. The van der Waals surface area contributed by atoms with E-state index in [1.54, 1.807) is 48.5 Å². The number of rotatable bonds is 8. The molecule has 0 radical (unpaired) electrons. The van der Waals surface area contributed by atoms with Crippen molar-refractivity contribution >= 4 is 46.6 Å². The summed E-state index contributed by atoms with van der Waals surface area (Å²) in [6.07, 6.45) is 0.936. The van der Waals surface area contributed by atoms with Crippen LogP contribution < -0.4 is 10.6 Å². The Labute approximate surface area is 213 Å². The molecule has 0 spiro atoms. The summed E-state index contributed by atoms with van der Waals surface area (Å²) in [6, 6.07) is 21.7. The van der Waals surface area contributed by atoms with Crippen LogP contribution in [0.4, 0.5) is 5.69 Å². The molecule has 0 fully saturated rings. The Balaban J connectivity index is 1.36. The van der Waals surface area contributed by atoms with Gasteiger partial charge in [-0.3, -0.25) is 19.3 Å². The summed E-state index contributed by atoms with van der Waals surface area (Å²) < 4.78 is 0. The Bertz CT molecular complexity index is 1300. The first-order valence-electron chi connectivity index (χ1n) is 11.1. The normalized spacial score (nSPS) is 13.4. The Morgan fingerprint density at radius 1 is 0.857 bits per heavy atom. The number of anilines is 1. The summed E-state index contributed by atoms with van der Waals surface area (Å²) in [5.41, 5.74) is 3.94. The Kier molecular flexibility index (Phi) is 7.54. The van der Waals surface area contributed by atoms with Gasteiger partial charge in [-0.15, -0.1) is 0 Å². The van der Waals surface area contributed by atoms with E-state index in [1.165, 1.54) is 5.56 Å². The van der Waals surface area contributed by atoms with Gasteiger partial charge in [-0.25, -0.2) is 0 Å². The van der Waals surface area contributed by atoms with Gasteiger partial charge in [0, 0.05) is 22.8 Å². The number of aryl methyl sites for hydroxylation is 1. The molecule has 0 bridgehead atoms. The molecule has 1 heterocycles. The van der Waals surface area contributed by atoms with E-state index < -0.39 is 11.8 Å². The maximum atomic E-state index is 12.8. The summed E-state index contributed by atoms with van der Waals surface area (Å²) in [6.45, 7) is 2.36. The molecule has 0 saturated carbocycles. The van der Waals surface area contributed by atoms with Crippen molar-refractivity contribution in [1.82, 2.24) is 10.2 Å². The van der Waals surface area contributed by atoms with Crippen molar-refractivity contribution in [3.05, 3.63) is 111 Å². The highest BCUT2D eigenvalue weighted by molar-refractivity contribution is 6.47. The summed E-state index contributed by atoms with van der Waals surface area (Å²) in [5, 5.41) is 6.14. The molecule has 4 rings (SSSR count). The van der Waals surface area contributed by atoms with Crippen LogP contribution in [0.25, 0.3) is 0 Å². The smallest absolute Gasteiger partial charge is 0.278 e. The van der Waals surface area contributed by atoms with Crippen LogP contribution in [0.2, 0.25) is 5.02 Å². The second-order valence-electron chi connectivity index (χ2n) is 8.03. The van der Waals surface area contributed by atoms with E-state index in [-0.39, 0.29) is 29.7 Å². The second-order valence-corrected chi connectivity index (χ2v) is 8.82. The van der Waals surface area contributed by atoms with Crippen LogP contribution in [0, 0.1) is 0 Å². The van der Waals surface area contributed by atoms with Gasteiger partial charge < -0.3 is 10.6 Å². The highest BCUT2D eigenvalue weighted by atomic mass is 35.5. The number of carbonyl (C=O) groups is 3. The molecular formula is C27H23Cl2N3O3. The number of halogens is 2. The van der Waals surface area contributed by atoms with Crippen LogP contribution >= 0.6 is 23.2 Å². The number of imide groups is 1. The van der Waals surface area contributed by atoms with Crippen molar-refractivity contribution in [3.63, 3.8) is 0 Å².